The summed E-state index contributed by atoms with van der Waals surface area (Å²) in [5.74, 6) is 0.00370. The minimum atomic E-state index is -0.314. The zero-order valence-electron chi connectivity index (χ0n) is 14.2. The number of carbonyl (C=O) groups excluding carboxylic acids is 1. The van der Waals surface area contributed by atoms with Crippen molar-refractivity contribution in [2.75, 3.05) is 18.5 Å². The molecule has 4 rings (SSSR count). The number of nitrogens with one attached hydrogen (secondary N) is 2. The molecule has 7 nitrogen and oxygen atoms in total. The Kier molecular flexibility index (Phi) is 4.52. The second kappa shape index (κ2) is 6.97. The lowest BCUT2D eigenvalue weighted by Gasteiger charge is -2.18. The number of benzene rings is 1. The van der Waals surface area contributed by atoms with Gasteiger partial charge in [-0.05, 0) is 18.2 Å². The number of hydrogen-bond donors (Lipinski definition) is 2. The smallest absolute Gasteiger partial charge is 0.223 e. The van der Waals surface area contributed by atoms with E-state index in [1.54, 1.807) is 24.4 Å². The van der Waals surface area contributed by atoms with Gasteiger partial charge in [0, 0.05) is 18.7 Å². The maximum Gasteiger partial charge on any atom is 0.223 e. The van der Waals surface area contributed by atoms with Crippen molar-refractivity contribution in [3.63, 3.8) is 0 Å². The molecule has 136 valence electrons. The van der Waals surface area contributed by atoms with Crippen molar-refractivity contribution in [1.29, 1.82) is 0 Å². The number of aromatic nitrogens is 2. The van der Waals surface area contributed by atoms with Crippen LogP contribution >= 0.6 is 0 Å². The normalized spacial score (nSPS) is 27.2. The SMILES string of the molecule is CC(=O)N[C@H]1CO[C@H]2[C@@H]1OC[C@@H]2Nc1nccc(-c2cccc(F)c2)n1. The monoisotopic (exact) mass is 358 g/mol. The summed E-state index contributed by atoms with van der Waals surface area (Å²) in [5, 5.41) is 6.08. The third-order valence-electron chi connectivity index (χ3n) is 4.53. The summed E-state index contributed by atoms with van der Waals surface area (Å²) in [7, 11) is 0. The Bertz CT molecular complexity index is 819. The molecule has 2 N–H and O–H groups in total. The number of nitrogens with zero attached hydrogens (tertiary/aromatic N) is 2. The summed E-state index contributed by atoms with van der Waals surface area (Å²) in [4.78, 5) is 20.0. The van der Waals surface area contributed by atoms with Crippen LogP contribution in [0.3, 0.4) is 0 Å². The summed E-state index contributed by atoms with van der Waals surface area (Å²) < 4.78 is 25.0. The Labute approximate surface area is 149 Å². The van der Waals surface area contributed by atoms with Crippen molar-refractivity contribution in [3.8, 4) is 11.3 Å². The van der Waals surface area contributed by atoms with Gasteiger partial charge in [-0.25, -0.2) is 14.4 Å². The molecular weight excluding hydrogens is 339 g/mol. The molecule has 4 atom stereocenters. The van der Waals surface area contributed by atoms with Crippen LogP contribution in [0.1, 0.15) is 6.92 Å². The van der Waals surface area contributed by atoms with Crippen LogP contribution in [-0.2, 0) is 14.3 Å². The number of amides is 1. The molecule has 0 spiro atoms. The zero-order valence-corrected chi connectivity index (χ0v) is 14.2. The molecule has 1 aromatic carbocycles. The second-order valence-electron chi connectivity index (χ2n) is 6.43. The first-order chi connectivity index (χ1) is 12.6. The predicted octanol–water partition coefficient (Wildman–Crippen LogP) is 1.37. The van der Waals surface area contributed by atoms with E-state index in [9.17, 15) is 9.18 Å². The molecule has 0 aliphatic carbocycles. The van der Waals surface area contributed by atoms with Crippen molar-refractivity contribution in [2.24, 2.45) is 0 Å². The Balaban J connectivity index is 1.47. The van der Waals surface area contributed by atoms with Crippen molar-refractivity contribution < 1.29 is 18.7 Å². The highest BCUT2D eigenvalue weighted by atomic mass is 19.1. The first-order valence-electron chi connectivity index (χ1n) is 8.46. The zero-order chi connectivity index (χ0) is 18.1. The maximum atomic E-state index is 13.4. The summed E-state index contributed by atoms with van der Waals surface area (Å²) in [5.41, 5.74) is 1.31. The van der Waals surface area contributed by atoms with E-state index in [1.807, 2.05) is 0 Å². The standard InChI is InChI=1S/C18H19FN4O3/c1-10(24)21-14-8-25-17-15(9-26-16(14)17)23-18-20-6-5-13(22-18)11-3-2-4-12(19)7-11/h2-7,14-17H,8-9H2,1H3,(H,21,24)(H,20,22,23)/t14-,15-,16+,17+/m0/s1. The van der Waals surface area contributed by atoms with Gasteiger partial charge in [0.25, 0.3) is 0 Å². The molecule has 2 fully saturated rings. The molecule has 2 aliphatic heterocycles. The maximum absolute atomic E-state index is 13.4. The number of hydrogen-bond acceptors (Lipinski definition) is 6. The fourth-order valence-electron chi connectivity index (χ4n) is 3.41. The molecule has 0 bridgehead atoms. The molecule has 2 aliphatic rings. The van der Waals surface area contributed by atoms with E-state index in [2.05, 4.69) is 20.6 Å². The van der Waals surface area contributed by atoms with Crippen molar-refractivity contribution >= 4 is 11.9 Å². The Morgan fingerprint density at radius 3 is 2.73 bits per heavy atom. The van der Waals surface area contributed by atoms with Gasteiger partial charge >= 0.3 is 0 Å². The Morgan fingerprint density at radius 2 is 1.96 bits per heavy atom. The van der Waals surface area contributed by atoms with Gasteiger partial charge in [0.05, 0.1) is 31.0 Å². The number of ether oxygens (including phenoxy) is 2. The van der Waals surface area contributed by atoms with E-state index < -0.39 is 0 Å². The third kappa shape index (κ3) is 3.38. The van der Waals surface area contributed by atoms with Gasteiger partial charge in [-0.3, -0.25) is 4.79 Å². The lowest BCUT2D eigenvalue weighted by atomic mass is 10.1. The molecule has 8 heteroatoms. The van der Waals surface area contributed by atoms with Crippen LogP contribution in [0, 0.1) is 5.82 Å². The van der Waals surface area contributed by atoms with E-state index in [4.69, 9.17) is 9.47 Å². The predicted molar refractivity (Wildman–Crippen MR) is 91.9 cm³/mol. The molecule has 2 aromatic rings. The fraction of sp³-hybridized carbons (Fsp3) is 0.389. The molecule has 1 amide bonds. The van der Waals surface area contributed by atoms with Gasteiger partial charge in [0.1, 0.15) is 18.0 Å². The highest BCUT2D eigenvalue weighted by molar-refractivity contribution is 5.73. The summed E-state index contributed by atoms with van der Waals surface area (Å²) in [6.45, 7) is 2.32. The molecule has 3 heterocycles. The van der Waals surface area contributed by atoms with Crippen LogP contribution in [0.2, 0.25) is 0 Å². The number of fused-ring (bicyclic) bond motifs is 1. The van der Waals surface area contributed by atoms with Gasteiger partial charge in [0.2, 0.25) is 11.9 Å². The van der Waals surface area contributed by atoms with E-state index >= 15 is 0 Å². The highest BCUT2D eigenvalue weighted by Gasteiger charge is 2.48. The minimum absolute atomic E-state index is 0.106. The minimum Gasteiger partial charge on any atom is -0.371 e. The van der Waals surface area contributed by atoms with Gasteiger partial charge in [-0.1, -0.05) is 12.1 Å². The molecule has 2 saturated heterocycles. The van der Waals surface area contributed by atoms with Crippen molar-refractivity contribution in [3.05, 3.63) is 42.3 Å². The number of carbonyl (C=O) groups is 1. The lowest BCUT2D eigenvalue weighted by molar-refractivity contribution is -0.120. The molecule has 0 saturated carbocycles. The van der Waals surface area contributed by atoms with Crippen LogP contribution in [0.25, 0.3) is 11.3 Å². The average Bonchev–Trinajstić information content (AvgIpc) is 3.19. The van der Waals surface area contributed by atoms with E-state index in [0.29, 0.717) is 30.4 Å². The van der Waals surface area contributed by atoms with E-state index in [-0.39, 0.29) is 36.0 Å². The van der Waals surface area contributed by atoms with E-state index in [1.165, 1.54) is 19.1 Å². The molecule has 26 heavy (non-hydrogen) atoms. The first-order valence-corrected chi connectivity index (χ1v) is 8.46. The highest BCUT2D eigenvalue weighted by Crippen LogP contribution is 2.29. The first kappa shape index (κ1) is 16.9. The topological polar surface area (TPSA) is 85.4 Å². The van der Waals surface area contributed by atoms with Gasteiger partial charge in [-0.2, -0.15) is 0 Å². The van der Waals surface area contributed by atoms with Crippen molar-refractivity contribution in [1.82, 2.24) is 15.3 Å². The van der Waals surface area contributed by atoms with Crippen molar-refractivity contribution in [2.45, 2.75) is 31.2 Å². The quantitative estimate of drug-likeness (QED) is 0.859. The van der Waals surface area contributed by atoms with Gasteiger partial charge in [-0.15, -0.1) is 0 Å². The average molecular weight is 358 g/mol. The fourth-order valence-corrected chi connectivity index (χ4v) is 3.41. The Hall–Kier alpha value is -2.58. The number of halogens is 1. The van der Waals surface area contributed by atoms with E-state index in [0.717, 1.165) is 0 Å². The molecule has 0 unspecified atom stereocenters. The summed E-state index contributed by atoms with van der Waals surface area (Å²) in [6, 6.07) is 7.71. The number of rotatable bonds is 4. The summed E-state index contributed by atoms with van der Waals surface area (Å²) in [6.07, 6.45) is 1.24. The molecular formula is C18H19FN4O3. The molecule has 1 aromatic heterocycles. The lowest BCUT2D eigenvalue weighted by Crippen LogP contribution is -2.44. The van der Waals surface area contributed by atoms with Crippen LogP contribution in [0.15, 0.2) is 36.5 Å². The van der Waals surface area contributed by atoms with Crippen LogP contribution < -0.4 is 10.6 Å². The molecule has 0 radical (unpaired) electrons. The number of anilines is 1. The van der Waals surface area contributed by atoms with Crippen LogP contribution in [0.5, 0.6) is 0 Å². The second-order valence-corrected chi connectivity index (χ2v) is 6.43. The third-order valence-corrected chi connectivity index (χ3v) is 4.53. The largest absolute Gasteiger partial charge is 0.371 e. The van der Waals surface area contributed by atoms with Crippen LogP contribution in [0.4, 0.5) is 10.3 Å². The van der Waals surface area contributed by atoms with Crippen LogP contribution in [-0.4, -0.2) is 53.4 Å². The Morgan fingerprint density at radius 1 is 1.19 bits per heavy atom. The summed E-state index contributed by atoms with van der Waals surface area (Å²) >= 11 is 0. The van der Waals surface area contributed by atoms with Gasteiger partial charge < -0.3 is 20.1 Å². The van der Waals surface area contributed by atoms with Gasteiger partial charge in [0.15, 0.2) is 0 Å².